The largest absolute Gasteiger partial charge is 0.458 e. The minimum atomic E-state index is -0.598. The van der Waals surface area contributed by atoms with Crippen LogP contribution in [0, 0.1) is 0 Å². The molecule has 0 saturated heterocycles. The zero-order chi connectivity index (χ0) is 19.5. The molecular formula is C19H13ClN4O3S. The Balaban J connectivity index is 1.42. The van der Waals surface area contributed by atoms with Crippen LogP contribution in [0.1, 0.15) is 5.69 Å². The molecule has 9 heteroatoms. The van der Waals surface area contributed by atoms with Crippen LogP contribution in [-0.4, -0.2) is 25.9 Å². The Morgan fingerprint density at radius 1 is 1.14 bits per heavy atom. The van der Waals surface area contributed by atoms with Gasteiger partial charge in [-0.2, -0.15) is 4.68 Å². The molecule has 0 aliphatic carbocycles. The summed E-state index contributed by atoms with van der Waals surface area (Å²) in [6.07, 6.45) is 0. The summed E-state index contributed by atoms with van der Waals surface area (Å²) in [6.45, 7) is -0.326. The molecule has 0 N–H and O–H groups in total. The normalized spacial score (nSPS) is 10.9. The SMILES string of the molecule is O=C(Cn1nnc2ccccc2c1=O)OCc1csc(-c2ccccc2Cl)n1. The molecular weight excluding hydrogens is 400 g/mol. The number of fused-ring (bicyclic) bond motifs is 1. The van der Waals surface area contributed by atoms with E-state index in [9.17, 15) is 9.59 Å². The first kappa shape index (κ1) is 18.3. The highest BCUT2D eigenvalue weighted by molar-refractivity contribution is 7.13. The summed E-state index contributed by atoms with van der Waals surface area (Å²) in [5.74, 6) is -0.598. The molecule has 0 spiro atoms. The van der Waals surface area contributed by atoms with Crippen LogP contribution in [0.3, 0.4) is 0 Å². The standard InChI is InChI=1S/C19H13ClN4O3S/c20-15-7-3-1-5-13(15)18-21-12(11-28-18)10-27-17(25)9-24-19(26)14-6-2-4-8-16(14)22-23-24/h1-8,11H,9-10H2. The van der Waals surface area contributed by atoms with Crippen LogP contribution in [-0.2, 0) is 22.7 Å². The van der Waals surface area contributed by atoms with Gasteiger partial charge in [0.05, 0.1) is 16.1 Å². The summed E-state index contributed by atoms with van der Waals surface area (Å²) in [6, 6.07) is 14.2. The summed E-state index contributed by atoms with van der Waals surface area (Å²) in [7, 11) is 0. The molecule has 140 valence electrons. The second-order valence-corrected chi connectivity index (χ2v) is 7.12. The molecule has 0 saturated carbocycles. The minimum absolute atomic E-state index is 0.00442. The van der Waals surface area contributed by atoms with Crippen molar-refractivity contribution in [2.45, 2.75) is 13.2 Å². The molecule has 0 aliphatic heterocycles. The van der Waals surface area contributed by atoms with Gasteiger partial charge in [-0.05, 0) is 18.2 Å². The molecule has 2 aromatic carbocycles. The van der Waals surface area contributed by atoms with Crippen molar-refractivity contribution in [3.63, 3.8) is 0 Å². The molecule has 0 unspecified atom stereocenters. The van der Waals surface area contributed by atoms with E-state index in [0.29, 0.717) is 21.6 Å². The molecule has 28 heavy (non-hydrogen) atoms. The van der Waals surface area contributed by atoms with E-state index < -0.39 is 11.5 Å². The molecule has 0 aliphatic rings. The number of esters is 1. The van der Waals surface area contributed by atoms with Gasteiger partial charge in [0.15, 0.2) is 0 Å². The Labute approximate surface area is 168 Å². The summed E-state index contributed by atoms with van der Waals surface area (Å²) in [4.78, 5) is 28.9. The van der Waals surface area contributed by atoms with Gasteiger partial charge in [0.2, 0.25) is 0 Å². The average molecular weight is 413 g/mol. The van der Waals surface area contributed by atoms with Gasteiger partial charge in [0.25, 0.3) is 5.56 Å². The summed E-state index contributed by atoms with van der Waals surface area (Å²) in [5.41, 5.74) is 1.51. The number of nitrogens with zero attached hydrogens (tertiary/aromatic N) is 4. The van der Waals surface area contributed by atoms with Crippen molar-refractivity contribution in [2.75, 3.05) is 0 Å². The highest BCUT2D eigenvalue weighted by atomic mass is 35.5. The van der Waals surface area contributed by atoms with Crippen LogP contribution < -0.4 is 5.56 Å². The van der Waals surface area contributed by atoms with Crippen LogP contribution in [0.15, 0.2) is 58.7 Å². The maximum Gasteiger partial charge on any atom is 0.328 e. The van der Waals surface area contributed by atoms with E-state index >= 15 is 0 Å². The number of rotatable bonds is 5. The molecule has 2 heterocycles. The molecule has 4 aromatic rings. The van der Waals surface area contributed by atoms with Gasteiger partial charge in [-0.3, -0.25) is 9.59 Å². The fourth-order valence-electron chi connectivity index (χ4n) is 2.58. The van der Waals surface area contributed by atoms with Gasteiger partial charge in [-0.1, -0.05) is 47.1 Å². The molecule has 0 bridgehead atoms. The zero-order valence-corrected chi connectivity index (χ0v) is 16.0. The lowest BCUT2D eigenvalue weighted by Gasteiger charge is -2.05. The highest BCUT2D eigenvalue weighted by Crippen LogP contribution is 2.30. The Hall–Kier alpha value is -3.10. The van der Waals surface area contributed by atoms with E-state index in [1.807, 2.05) is 18.2 Å². The summed E-state index contributed by atoms with van der Waals surface area (Å²) < 4.78 is 6.21. The quantitative estimate of drug-likeness (QED) is 0.467. The monoisotopic (exact) mass is 412 g/mol. The fraction of sp³-hybridized carbons (Fsp3) is 0.105. The first-order chi connectivity index (χ1) is 13.6. The van der Waals surface area contributed by atoms with Crippen molar-refractivity contribution in [3.8, 4) is 10.6 Å². The van der Waals surface area contributed by atoms with Crippen LogP contribution in [0.5, 0.6) is 0 Å². The first-order valence-electron chi connectivity index (χ1n) is 8.29. The van der Waals surface area contributed by atoms with Crippen molar-refractivity contribution >= 4 is 39.8 Å². The number of carbonyl (C=O) groups is 1. The van der Waals surface area contributed by atoms with Gasteiger partial charge in [-0.25, -0.2) is 4.98 Å². The first-order valence-corrected chi connectivity index (χ1v) is 9.55. The maximum atomic E-state index is 12.4. The topological polar surface area (TPSA) is 87.0 Å². The van der Waals surface area contributed by atoms with Crippen molar-refractivity contribution < 1.29 is 9.53 Å². The van der Waals surface area contributed by atoms with Gasteiger partial charge < -0.3 is 4.74 Å². The number of ether oxygens (including phenoxy) is 1. The van der Waals surface area contributed by atoms with Gasteiger partial charge in [0.1, 0.15) is 23.7 Å². The van der Waals surface area contributed by atoms with Crippen molar-refractivity contribution in [1.29, 1.82) is 0 Å². The Morgan fingerprint density at radius 3 is 2.79 bits per heavy atom. The number of benzene rings is 2. The second-order valence-electron chi connectivity index (χ2n) is 5.85. The molecule has 7 nitrogen and oxygen atoms in total. The zero-order valence-electron chi connectivity index (χ0n) is 14.4. The minimum Gasteiger partial charge on any atom is -0.458 e. The average Bonchev–Trinajstić information content (AvgIpc) is 3.18. The molecule has 0 fully saturated rings. The van der Waals surface area contributed by atoms with E-state index in [0.717, 1.165) is 15.3 Å². The Bertz CT molecular complexity index is 1220. The van der Waals surface area contributed by atoms with Crippen LogP contribution in [0.25, 0.3) is 21.5 Å². The van der Waals surface area contributed by atoms with Crippen molar-refractivity contribution in [2.24, 2.45) is 0 Å². The van der Waals surface area contributed by atoms with Crippen molar-refractivity contribution in [3.05, 3.63) is 75.0 Å². The second kappa shape index (κ2) is 7.87. The Kier molecular flexibility index (Phi) is 5.14. The number of hydrogen-bond donors (Lipinski definition) is 0. The lowest BCUT2D eigenvalue weighted by Crippen LogP contribution is -2.28. The molecule has 0 radical (unpaired) electrons. The Morgan fingerprint density at radius 2 is 1.93 bits per heavy atom. The van der Waals surface area contributed by atoms with Gasteiger partial charge >= 0.3 is 5.97 Å². The number of thiazole rings is 1. The van der Waals surface area contributed by atoms with Crippen molar-refractivity contribution in [1.82, 2.24) is 20.0 Å². The predicted octanol–water partition coefficient (Wildman–Crippen LogP) is 3.31. The molecule has 0 atom stereocenters. The van der Waals surface area contributed by atoms with Crippen LogP contribution >= 0.6 is 22.9 Å². The van der Waals surface area contributed by atoms with E-state index in [2.05, 4.69) is 15.3 Å². The van der Waals surface area contributed by atoms with Crippen LogP contribution in [0.4, 0.5) is 0 Å². The van der Waals surface area contributed by atoms with E-state index in [4.69, 9.17) is 16.3 Å². The lowest BCUT2D eigenvalue weighted by atomic mass is 10.2. The van der Waals surface area contributed by atoms with E-state index in [1.165, 1.54) is 11.3 Å². The number of hydrogen-bond acceptors (Lipinski definition) is 7. The molecule has 4 rings (SSSR count). The van der Waals surface area contributed by atoms with E-state index in [-0.39, 0.29) is 13.2 Å². The lowest BCUT2D eigenvalue weighted by molar-refractivity contribution is -0.146. The third-order valence-corrected chi connectivity index (χ3v) is 5.20. The fourth-order valence-corrected chi connectivity index (χ4v) is 3.71. The highest BCUT2D eigenvalue weighted by Gasteiger charge is 2.13. The number of carbonyl (C=O) groups excluding carboxylic acids is 1. The summed E-state index contributed by atoms with van der Waals surface area (Å²) >= 11 is 7.59. The number of aromatic nitrogens is 4. The van der Waals surface area contributed by atoms with Gasteiger partial charge in [-0.15, -0.1) is 16.4 Å². The molecule has 0 amide bonds. The molecule has 2 aromatic heterocycles. The van der Waals surface area contributed by atoms with E-state index in [1.54, 1.807) is 35.7 Å². The third-order valence-electron chi connectivity index (χ3n) is 3.95. The third kappa shape index (κ3) is 3.78. The maximum absolute atomic E-state index is 12.4. The number of halogens is 1. The van der Waals surface area contributed by atoms with Crippen LogP contribution in [0.2, 0.25) is 5.02 Å². The summed E-state index contributed by atoms with van der Waals surface area (Å²) in [5, 5.41) is 11.3. The predicted molar refractivity (Wildman–Crippen MR) is 106 cm³/mol. The smallest absolute Gasteiger partial charge is 0.328 e. The van der Waals surface area contributed by atoms with Gasteiger partial charge in [0, 0.05) is 10.9 Å².